The molecule has 0 unspecified atom stereocenters. The molecule has 2 N–H and O–H groups in total. The number of aromatic nitrogens is 3. The zero-order valence-corrected chi connectivity index (χ0v) is 16.8. The van der Waals surface area contributed by atoms with Crippen LogP contribution in [-0.4, -0.2) is 69.2 Å². The smallest absolute Gasteiger partial charge is 0.252 e. The second-order valence-electron chi connectivity index (χ2n) is 8.68. The van der Waals surface area contributed by atoms with Crippen LogP contribution in [0.25, 0.3) is 11.0 Å². The summed E-state index contributed by atoms with van der Waals surface area (Å²) in [7, 11) is 0. The van der Waals surface area contributed by atoms with Gasteiger partial charge in [-0.1, -0.05) is 19.8 Å². The molecule has 3 aliphatic rings. The monoisotopic (exact) mass is 411 g/mol. The summed E-state index contributed by atoms with van der Waals surface area (Å²) in [6.45, 7) is 2.53. The number of amides is 2. The minimum atomic E-state index is -0.646. The Morgan fingerprint density at radius 1 is 1.23 bits per heavy atom. The second-order valence-corrected chi connectivity index (χ2v) is 8.68. The number of aromatic amines is 1. The van der Waals surface area contributed by atoms with Gasteiger partial charge in [0.1, 0.15) is 29.7 Å². The van der Waals surface area contributed by atoms with E-state index in [-0.39, 0.29) is 42.1 Å². The van der Waals surface area contributed by atoms with Crippen LogP contribution >= 0.6 is 0 Å². The highest BCUT2D eigenvalue weighted by Crippen LogP contribution is 2.34. The molecule has 4 atom stereocenters. The summed E-state index contributed by atoms with van der Waals surface area (Å²) in [5.41, 5.74) is 1.70. The predicted molar refractivity (Wildman–Crippen MR) is 107 cm³/mol. The van der Waals surface area contributed by atoms with Crippen molar-refractivity contribution in [2.24, 2.45) is 11.8 Å². The zero-order valence-electron chi connectivity index (χ0n) is 16.8. The van der Waals surface area contributed by atoms with Gasteiger partial charge < -0.3 is 15.0 Å². The normalized spacial score (nSPS) is 27.6. The number of nitrogens with zero attached hydrogens (tertiary/aromatic N) is 3. The third-order valence-corrected chi connectivity index (χ3v) is 6.73. The Morgan fingerprint density at radius 3 is 2.80 bits per heavy atom. The van der Waals surface area contributed by atoms with Crippen molar-refractivity contribution in [2.75, 3.05) is 13.2 Å². The van der Waals surface area contributed by atoms with Crippen molar-refractivity contribution >= 4 is 28.6 Å². The summed E-state index contributed by atoms with van der Waals surface area (Å²) >= 11 is 0. The fourth-order valence-corrected chi connectivity index (χ4v) is 5.18. The quantitative estimate of drug-likeness (QED) is 0.777. The molecule has 30 heavy (non-hydrogen) atoms. The highest BCUT2D eigenvalue weighted by Gasteiger charge is 2.52. The third-order valence-electron chi connectivity index (χ3n) is 6.73. The van der Waals surface area contributed by atoms with Crippen molar-refractivity contribution in [2.45, 2.75) is 50.8 Å². The van der Waals surface area contributed by atoms with Gasteiger partial charge in [0.25, 0.3) is 5.91 Å². The molecule has 158 valence electrons. The van der Waals surface area contributed by atoms with Gasteiger partial charge in [-0.2, -0.15) is 15.4 Å². The van der Waals surface area contributed by atoms with Crippen LogP contribution in [0.5, 0.6) is 0 Å². The number of fused-ring (bicyclic) bond motifs is 2. The number of H-pyrrole nitrogens is 1. The molecule has 5 rings (SSSR count). The summed E-state index contributed by atoms with van der Waals surface area (Å²) < 4.78 is 5.62. The summed E-state index contributed by atoms with van der Waals surface area (Å²) in [5.74, 6) is -0.367. The predicted octanol–water partition coefficient (Wildman–Crippen LogP) is 1.06. The third kappa shape index (κ3) is 3.17. The van der Waals surface area contributed by atoms with Gasteiger partial charge >= 0.3 is 0 Å². The van der Waals surface area contributed by atoms with Gasteiger partial charge in [-0.15, -0.1) is 0 Å². The number of hydrogen-bond acceptors (Lipinski definition) is 6. The van der Waals surface area contributed by atoms with E-state index in [1.807, 2.05) is 6.92 Å². The summed E-state index contributed by atoms with van der Waals surface area (Å²) in [4.78, 5) is 40.6. The van der Waals surface area contributed by atoms with Gasteiger partial charge in [0.05, 0.1) is 6.10 Å². The lowest BCUT2D eigenvalue weighted by Crippen LogP contribution is -2.54. The van der Waals surface area contributed by atoms with E-state index in [2.05, 4.69) is 20.7 Å². The van der Waals surface area contributed by atoms with E-state index in [9.17, 15) is 14.4 Å². The van der Waals surface area contributed by atoms with E-state index in [1.54, 1.807) is 23.1 Å². The zero-order chi connectivity index (χ0) is 20.8. The van der Waals surface area contributed by atoms with E-state index < -0.39 is 12.1 Å². The van der Waals surface area contributed by atoms with E-state index >= 15 is 0 Å². The molecule has 2 amide bonds. The van der Waals surface area contributed by atoms with E-state index in [4.69, 9.17) is 4.74 Å². The number of carbonyl (C=O) groups excluding carboxylic acids is 3. The number of ether oxygens (including phenoxy) is 1. The molecule has 1 aliphatic carbocycles. The Balaban J connectivity index is 1.40. The van der Waals surface area contributed by atoms with Crippen molar-refractivity contribution in [1.82, 2.24) is 25.6 Å². The van der Waals surface area contributed by atoms with Gasteiger partial charge in [0.2, 0.25) is 5.91 Å². The molecule has 9 heteroatoms. The first-order valence-electron chi connectivity index (χ1n) is 10.6. The number of carbonyl (C=O) groups is 3. The van der Waals surface area contributed by atoms with Crippen LogP contribution in [0.4, 0.5) is 0 Å². The molecule has 2 aromatic rings. The Morgan fingerprint density at radius 2 is 2.00 bits per heavy atom. The Labute approximate surface area is 173 Å². The molecule has 1 saturated carbocycles. The van der Waals surface area contributed by atoms with Crippen molar-refractivity contribution in [1.29, 1.82) is 0 Å². The number of benzene rings is 1. The van der Waals surface area contributed by atoms with Crippen molar-refractivity contribution in [3.8, 4) is 0 Å². The number of likely N-dealkylation sites (tertiary alicyclic amines) is 1. The number of Topliss-reactive ketones (excluding diaryl/α,β-unsaturated/α-hetero) is 1. The van der Waals surface area contributed by atoms with Crippen LogP contribution in [-0.2, 0) is 14.3 Å². The maximum Gasteiger partial charge on any atom is 0.252 e. The first kappa shape index (κ1) is 19.2. The van der Waals surface area contributed by atoms with Crippen molar-refractivity contribution < 1.29 is 19.1 Å². The van der Waals surface area contributed by atoms with Crippen molar-refractivity contribution in [3.05, 3.63) is 23.8 Å². The summed E-state index contributed by atoms with van der Waals surface area (Å²) in [5, 5.41) is 13.5. The fourth-order valence-electron chi connectivity index (χ4n) is 5.18. The van der Waals surface area contributed by atoms with E-state index in [0.717, 1.165) is 25.7 Å². The Kier molecular flexibility index (Phi) is 4.77. The molecule has 3 heterocycles. The topological polar surface area (TPSA) is 117 Å². The minimum absolute atomic E-state index is 0.0503. The lowest BCUT2D eigenvalue weighted by atomic mass is 9.95. The Hall–Kier alpha value is -2.81. The summed E-state index contributed by atoms with van der Waals surface area (Å²) in [6, 6.07) is 3.89. The number of ketones is 1. The van der Waals surface area contributed by atoms with E-state index in [1.165, 1.54) is 0 Å². The van der Waals surface area contributed by atoms with Crippen LogP contribution < -0.4 is 5.32 Å². The lowest BCUT2D eigenvalue weighted by molar-refractivity contribution is -0.139. The van der Waals surface area contributed by atoms with Crippen LogP contribution in [0.3, 0.4) is 0 Å². The Bertz CT molecular complexity index is 998. The summed E-state index contributed by atoms with van der Waals surface area (Å²) in [6.07, 6.45) is 3.62. The minimum Gasteiger partial charge on any atom is -0.367 e. The standard InChI is InChI=1S/C21H25N5O4/c1-11-9-26(18-16(27)10-30-19(11)18)21(29)17(12-4-2-3-5-12)22-20(28)13-6-7-14-15(8-13)24-25-23-14/h6-8,11-12,17-19H,2-5,9-10H2,1H3,(H,22,28)(H,23,24,25)/t11-,17-,18+,19+/m0/s1. The van der Waals surface area contributed by atoms with Gasteiger partial charge in [-0.05, 0) is 37.0 Å². The highest BCUT2D eigenvalue weighted by molar-refractivity contribution is 6.01. The molecule has 1 aromatic heterocycles. The van der Waals surface area contributed by atoms with Gasteiger partial charge in [-0.25, -0.2) is 0 Å². The molecule has 2 saturated heterocycles. The molecular formula is C21H25N5O4. The molecular weight excluding hydrogens is 386 g/mol. The SMILES string of the molecule is C[C@H]1CN(C(=O)[C@@H](NC(=O)c2ccc3n[nH]nc3c2)C2CCCC2)[C@@H]2C(=O)CO[C@@H]21. The maximum atomic E-state index is 13.6. The van der Waals surface area contributed by atoms with E-state index in [0.29, 0.717) is 23.1 Å². The van der Waals surface area contributed by atoms with Crippen LogP contribution in [0.2, 0.25) is 0 Å². The van der Waals surface area contributed by atoms with Gasteiger partial charge in [0.15, 0.2) is 5.78 Å². The van der Waals surface area contributed by atoms with Crippen LogP contribution in [0, 0.1) is 11.8 Å². The number of rotatable bonds is 4. The van der Waals surface area contributed by atoms with Crippen molar-refractivity contribution in [3.63, 3.8) is 0 Å². The molecule has 0 radical (unpaired) electrons. The molecule has 0 spiro atoms. The van der Waals surface area contributed by atoms with Crippen LogP contribution in [0.15, 0.2) is 18.2 Å². The lowest BCUT2D eigenvalue weighted by Gasteiger charge is -2.30. The molecule has 2 aliphatic heterocycles. The molecule has 9 nitrogen and oxygen atoms in total. The molecule has 0 bridgehead atoms. The first-order valence-corrected chi connectivity index (χ1v) is 10.6. The largest absolute Gasteiger partial charge is 0.367 e. The average Bonchev–Trinajstić information content (AvgIpc) is 3.52. The number of hydrogen-bond donors (Lipinski definition) is 2. The number of nitrogens with one attached hydrogen (secondary N) is 2. The fraction of sp³-hybridized carbons (Fsp3) is 0.571. The molecule has 1 aromatic carbocycles. The first-order chi connectivity index (χ1) is 14.5. The van der Waals surface area contributed by atoms with Crippen LogP contribution in [0.1, 0.15) is 43.0 Å². The average molecular weight is 411 g/mol. The van der Waals surface area contributed by atoms with Gasteiger partial charge in [-0.3, -0.25) is 14.4 Å². The van der Waals surface area contributed by atoms with Gasteiger partial charge in [0, 0.05) is 18.0 Å². The maximum absolute atomic E-state index is 13.6. The second kappa shape index (κ2) is 7.46. The highest BCUT2D eigenvalue weighted by atomic mass is 16.5. The molecule has 3 fully saturated rings.